The fourth-order valence-corrected chi connectivity index (χ4v) is 5.35. The van der Waals surface area contributed by atoms with Crippen molar-refractivity contribution in [3.8, 4) is 11.4 Å². The van der Waals surface area contributed by atoms with Crippen molar-refractivity contribution in [3.05, 3.63) is 114 Å². The molecule has 0 spiro atoms. The number of hydrogen-bond acceptors (Lipinski definition) is 4. The van der Waals surface area contributed by atoms with E-state index in [9.17, 15) is 14.0 Å². The summed E-state index contributed by atoms with van der Waals surface area (Å²) >= 11 is 0. The number of fused-ring (bicyclic) bond motifs is 1. The van der Waals surface area contributed by atoms with Crippen molar-refractivity contribution in [1.29, 1.82) is 0 Å². The number of amides is 2. The fourth-order valence-electron chi connectivity index (χ4n) is 5.35. The molecule has 2 heterocycles. The van der Waals surface area contributed by atoms with Crippen molar-refractivity contribution in [3.63, 3.8) is 0 Å². The number of anilines is 1. The molecule has 0 N–H and O–H groups in total. The largest absolute Gasteiger partial charge is 0.495 e. The summed E-state index contributed by atoms with van der Waals surface area (Å²) in [7, 11) is 1.62. The lowest BCUT2D eigenvalue weighted by atomic mass is 10.1. The van der Waals surface area contributed by atoms with E-state index >= 15 is 0 Å². The van der Waals surface area contributed by atoms with Gasteiger partial charge in [0.05, 0.1) is 12.8 Å². The van der Waals surface area contributed by atoms with Crippen LogP contribution in [0.15, 0.2) is 91.3 Å². The van der Waals surface area contributed by atoms with Gasteiger partial charge in [-0.3, -0.25) is 14.5 Å². The number of hydrogen-bond donors (Lipinski definition) is 0. The monoisotopic (exact) mass is 554 g/mol. The topological polar surface area (TPSA) is 58.0 Å². The van der Waals surface area contributed by atoms with Crippen molar-refractivity contribution in [2.24, 2.45) is 0 Å². The van der Waals surface area contributed by atoms with Crippen LogP contribution in [0.1, 0.15) is 34.8 Å². The average Bonchev–Trinajstić information content (AvgIpc) is 3.52. The molecule has 212 valence electrons. The van der Waals surface area contributed by atoms with E-state index in [4.69, 9.17) is 4.74 Å². The normalized spacial score (nSPS) is 14.7. The molecule has 0 radical (unpaired) electrons. The minimum atomic E-state index is -0.267. The first-order valence-electron chi connectivity index (χ1n) is 13.9. The van der Waals surface area contributed by atoms with E-state index in [1.54, 1.807) is 37.1 Å². The molecule has 0 unspecified atom stereocenters. The fraction of sp³-hybridized carbons (Fsp3) is 0.273. The summed E-state index contributed by atoms with van der Waals surface area (Å²) in [5.41, 5.74) is 4.07. The van der Waals surface area contributed by atoms with Crippen LogP contribution in [0.2, 0.25) is 0 Å². The minimum Gasteiger partial charge on any atom is -0.495 e. The molecule has 0 atom stereocenters. The predicted octanol–water partition coefficient (Wildman–Crippen LogP) is 5.53. The summed E-state index contributed by atoms with van der Waals surface area (Å²) in [6.45, 7) is 4.97. The Kier molecular flexibility index (Phi) is 8.79. The maximum atomic E-state index is 14.1. The van der Waals surface area contributed by atoms with E-state index in [0.717, 1.165) is 35.5 Å². The Morgan fingerprint density at radius 2 is 1.61 bits per heavy atom. The minimum absolute atomic E-state index is 0.0359. The molecular weight excluding hydrogens is 519 g/mol. The zero-order valence-corrected chi connectivity index (χ0v) is 23.5. The van der Waals surface area contributed by atoms with Gasteiger partial charge < -0.3 is 19.1 Å². The third-order valence-electron chi connectivity index (χ3n) is 7.48. The highest BCUT2D eigenvalue weighted by Crippen LogP contribution is 2.27. The number of nitrogens with zero attached hydrogens (tertiary/aromatic N) is 4. The van der Waals surface area contributed by atoms with E-state index in [1.807, 2.05) is 70.4 Å². The van der Waals surface area contributed by atoms with E-state index in [2.05, 4.69) is 4.90 Å². The number of ether oxygens (including phenoxy) is 1. The van der Waals surface area contributed by atoms with Crippen LogP contribution in [-0.4, -0.2) is 59.5 Å². The van der Waals surface area contributed by atoms with Crippen molar-refractivity contribution in [2.45, 2.75) is 26.4 Å². The number of rotatable bonds is 5. The van der Waals surface area contributed by atoms with Crippen LogP contribution in [0, 0.1) is 5.82 Å². The summed E-state index contributed by atoms with van der Waals surface area (Å²) in [6, 6.07) is 23.7. The standard InChI is InChI=1S/C33H35FN4O3/c1-25(39)38-19-7-16-35(23-26-10-13-29(34)14-11-26)20-21-37(24-28-8-3-4-9-30(28)38)33(40)27-12-15-32(41-2)31(22-27)36-17-5-6-18-36/h3-6,8-15,17-18,22H,7,16,19-21,23-24H2,1-2H3. The Hall–Kier alpha value is -4.43. The van der Waals surface area contributed by atoms with Crippen molar-refractivity contribution < 1.29 is 18.7 Å². The zero-order valence-electron chi connectivity index (χ0n) is 23.5. The highest BCUT2D eigenvalue weighted by Gasteiger charge is 2.24. The van der Waals surface area contributed by atoms with E-state index in [0.29, 0.717) is 44.0 Å². The predicted molar refractivity (Wildman–Crippen MR) is 158 cm³/mol. The molecule has 0 bridgehead atoms. The Balaban J connectivity index is 1.49. The molecule has 1 aliphatic rings. The average molecular weight is 555 g/mol. The van der Waals surface area contributed by atoms with Crippen LogP contribution >= 0.6 is 0 Å². The molecule has 1 aliphatic heterocycles. The molecule has 4 aromatic rings. The second-order valence-electron chi connectivity index (χ2n) is 10.3. The maximum absolute atomic E-state index is 14.1. The van der Waals surface area contributed by atoms with Gasteiger partial charge in [0.2, 0.25) is 5.91 Å². The first-order chi connectivity index (χ1) is 19.9. The number of benzene rings is 3. The van der Waals surface area contributed by atoms with Gasteiger partial charge >= 0.3 is 0 Å². The molecule has 0 saturated heterocycles. The number of methoxy groups -OCH3 is 1. The lowest BCUT2D eigenvalue weighted by Crippen LogP contribution is -2.38. The number of halogens is 1. The summed E-state index contributed by atoms with van der Waals surface area (Å²) in [4.78, 5) is 32.8. The van der Waals surface area contributed by atoms with Gasteiger partial charge in [0, 0.05) is 69.8 Å². The van der Waals surface area contributed by atoms with Gasteiger partial charge in [-0.2, -0.15) is 0 Å². The summed E-state index contributed by atoms with van der Waals surface area (Å²) in [5, 5.41) is 0. The quantitative estimate of drug-likeness (QED) is 0.326. The highest BCUT2D eigenvalue weighted by molar-refractivity contribution is 5.96. The molecule has 2 amide bonds. The first kappa shape index (κ1) is 28.1. The second kappa shape index (κ2) is 12.8. The third kappa shape index (κ3) is 6.66. The molecule has 3 aromatic carbocycles. The Labute approximate surface area is 240 Å². The van der Waals surface area contributed by atoms with Crippen molar-refractivity contribution >= 4 is 17.5 Å². The van der Waals surface area contributed by atoms with Gasteiger partial charge in [0.1, 0.15) is 11.6 Å². The molecule has 1 aromatic heterocycles. The van der Waals surface area contributed by atoms with Gasteiger partial charge in [-0.25, -0.2) is 4.39 Å². The Morgan fingerprint density at radius 1 is 0.854 bits per heavy atom. The molecule has 41 heavy (non-hydrogen) atoms. The number of para-hydroxylation sites is 1. The van der Waals surface area contributed by atoms with E-state index < -0.39 is 0 Å². The molecule has 0 fully saturated rings. The Morgan fingerprint density at radius 3 is 2.34 bits per heavy atom. The highest BCUT2D eigenvalue weighted by atomic mass is 19.1. The van der Waals surface area contributed by atoms with Gasteiger partial charge in [-0.15, -0.1) is 0 Å². The number of aromatic nitrogens is 1. The van der Waals surface area contributed by atoms with Crippen molar-refractivity contribution in [2.75, 3.05) is 38.2 Å². The van der Waals surface area contributed by atoms with Crippen LogP contribution < -0.4 is 9.64 Å². The third-order valence-corrected chi connectivity index (χ3v) is 7.48. The van der Waals surface area contributed by atoms with Gasteiger partial charge in [-0.1, -0.05) is 30.3 Å². The summed E-state index contributed by atoms with van der Waals surface area (Å²) in [5.74, 6) is 0.261. The van der Waals surface area contributed by atoms with Crippen LogP contribution in [0.25, 0.3) is 5.69 Å². The van der Waals surface area contributed by atoms with E-state index in [-0.39, 0.29) is 17.6 Å². The first-order valence-corrected chi connectivity index (χ1v) is 13.9. The molecule has 0 saturated carbocycles. The molecule has 8 heteroatoms. The van der Waals surface area contributed by atoms with Gasteiger partial charge in [0.25, 0.3) is 5.91 Å². The number of carbonyl (C=O) groups is 2. The smallest absolute Gasteiger partial charge is 0.254 e. The van der Waals surface area contributed by atoms with E-state index in [1.165, 1.54) is 12.1 Å². The molecule has 7 nitrogen and oxygen atoms in total. The van der Waals surface area contributed by atoms with Crippen LogP contribution in [0.4, 0.5) is 10.1 Å². The summed E-state index contributed by atoms with van der Waals surface area (Å²) in [6.07, 6.45) is 4.60. The van der Waals surface area contributed by atoms with Crippen molar-refractivity contribution in [1.82, 2.24) is 14.4 Å². The maximum Gasteiger partial charge on any atom is 0.254 e. The summed E-state index contributed by atoms with van der Waals surface area (Å²) < 4.78 is 21.0. The molecule has 0 aliphatic carbocycles. The van der Waals surface area contributed by atoms with Crippen LogP contribution in [-0.2, 0) is 17.9 Å². The number of carbonyl (C=O) groups excluding carboxylic acids is 2. The zero-order chi connectivity index (χ0) is 28.8. The lowest BCUT2D eigenvalue weighted by Gasteiger charge is -2.28. The molecular formula is C33H35FN4O3. The lowest BCUT2D eigenvalue weighted by molar-refractivity contribution is -0.116. The van der Waals surface area contributed by atoms with Gasteiger partial charge in [0.15, 0.2) is 0 Å². The molecule has 5 rings (SSSR count). The SMILES string of the molecule is COc1ccc(C(=O)N2CCN(Cc3ccc(F)cc3)CCCN(C(C)=O)c3ccccc3C2)cc1-n1cccc1. The van der Waals surface area contributed by atoms with Crippen LogP contribution in [0.3, 0.4) is 0 Å². The second-order valence-corrected chi connectivity index (χ2v) is 10.3. The van der Waals surface area contributed by atoms with Crippen LogP contribution in [0.5, 0.6) is 5.75 Å². The van der Waals surface area contributed by atoms with Gasteiger partial charge in [-0.05, 0) is 66.1 Å². The Bertz CT molecular complexity index is 1490.